The number of carbonyl (C=O) groups is 1. The molecule has 2 rings (SSSR count). The van der Waals surface area contributed by atoms with Crippen LogP contribution in [0.1, 0.15) is 9.67 Å². The lowest BCUT2D eigenvalue weighted by Gasteiger charge is -1.97. The van der Waals surface area contributed by atoms with Crippen molar-refractivity contribution in [3.8, 4) is 0 Å². The molecule has 0 unspecified atom stereocenters. The Labute approximate surface area is 95.6 Å². The molecule has 0 aliphatic carbocycles. The molecule has 15 heavy (non-hydrogen) atoms. The number of nitrogens with zero attached hydrogens (tertiary/aromatic N) is 2. The van der Waals surface area contributed by atoms with E-state index < -0.39 is 0 Å². The van der Waals surface area contributed by atoms with Crippen molar-refractivity contribution >= 4 is 28.9 Å². The molecule has 0 aromatic carbocycles. The molecule has 2 heterocycles. The quantitative estimate of drug-likeness (QED) is 0.465. The van der Waals surface area contributed by atoms with Crippen LogP contribution in [0.4, 0.5) is 0 Å². The van der Waals surface area contributed by atoms with E-state index in [0.29, 0.717) is 5.75 Å². The van der Waals surface area contributed by atoms with E-state index in [2.05, 4.69) is 9.97 Å². The third kappa shape index (κ3) is 2.87. The van der Waals surface area contributed by atoms with Crippen LogP contribution in [-0.4, -0.2) is 21.5 Å². The van der Waals surface area contributed by atoms with Crippen molar-refractivity contribution in [2.24, 2.45) is 0 Å². The summed E-state index contributed by atoms with van der Waals surface area (Å²) in [6.45, 7) is 0. The summed E-state index contributed by atoms with van der Waals surface area (Å²) >= 11 is 2.90. The molecule has 0 amide bonds. The second kappa shape index (κ2) is 5.04. The Hall–Kier alpha value is -1.20. The fourth-order valence-electron chi connectivity index (χ4n) is 1.01. The zero-order valence-electron chi connectivity index (χ0n) is 7.79. The standard InChI is InChI=1S/C10H8N2OS2/c13-8(9-2-1-5-14-9)6-15-10-3-4-11-7-12-10/h1-5,7H,6H2. The lowest BCUT2D eigenvalue weighted by Crippen LogP contribution is -1.99. The SMILES string of the molecule is O=C(CSc1ccncn1)c1cccs1. The molecule has 0 N–H and O–H groups in total. The van der Waals surface area contributed by atoms with Gasteiger partial charge in [0.25, 0.3) is 0 Å². The summed E-state index contributed by atoms with van der Waals surface area (Å²) < 4.78 is 0. The molecule has 2 aromatic rings. The molecule has 2 aromatic heterocycles. The first-order valence-corrected chi connectivity index (χ1v) is 6.18. The maximum absolute atomic E-state index is 11.6. The van der Waals surface area contributed by atoms with Crippen LogP contribution in [0.25, 0.3) is 0 Å². The second-order valence-electron chi connectivity index (χ2n) is 2.74. The van der Waals surface area contributed by atoms with E-state index in [9.17, 15) is 4.79 Å². The molecule has 0 spiro atoms. The maximum atomic E-state index is 11.6. The van der Waals surface area contributed by atoms with Gasteiger partial charge in [0.1, 0.15) is 6.33 Å². The van der Waals surface area contributed by atoms with Gasteiger partial charge in [0.05, 0.1) is 15.7 Å². The lowest BCUT2D eigenvalue weighted by molar-refractivity contribution is 0.102. The molecular weight excluding hydrogens is 228 g/mol. The minimum atomic E-state index is 0.147. The number of thioether (sulfide) groups is 1. The van der Waals surface area contributed by atoms with Gasteiger partial charge >= 0.3 is 0 Å². The Bertz CT molecular complexity index is 428. The normalized spacial score (nSPS) is 10.1. The number of hydrogen-bond donors (Lipinski definition) is 0. The van der Waals surface area contributed by atoms with Crippen LogP contribution in [0.15, 0.2) is 41.1 Å². The smallest absolute Gasteiger partial charge is 0.183 e. The summed E-state index contributed by atoms with van der Waals surface area (Å²) in [5.74, 6) is 0.575. The average Bonchev–Trinajstić information content (AvgIpc) is 2.81. The Morgan fingerprint density at radius 2 is 2.40 bits per heavy atom. The number of rotatable bonds is 4. The molecule has 76 valence electrons. The molecular formula is C10H8N2OS2. The van der Waals surface area contributed by atoms with Gasteiger partial charge in [-0.3, -0.25) is 4.79 Å². The molecule has 0 fully saturated rings. The van der Waals surface area contributed by atoms with Gasteiger partial charge in [-0.2, -0.15) is 0 Å². The Morgan fingerprint density at radius 3 is 3.07 bits per heavy atom. The van der Waals surface area contributed by atoms with Gasteiger partial charge in [-0.05, 0) is 17.5 Å². The van der Waals surface area contributed by atoms with E-state index in [1.54, 1.807) is 12.3 Å². The van der Waals surface area contributed by atoms with E-state index in [-0.39, 0.29) is 5.78 Å². The minimum absolute atomic E-state index is 0.147. The molecule has 5 heteroatoms. The largest absolute Gasteiger partial charge is 0.292 e. The van der Waals surface area contributed by atoms with Gasteiger partial charge in [0, 0.05) is 6.20 Å². The van der Waals surface area contributed by atoms with Crippen LogP contribution < -0.4 is 0 Å². The van der Waals surface area contributed by atoms with Gasteiger partial charge < -0.3 is 0 Å². The highest BCUT2D eigenvalue weighted by Crippen LogP contribution is 2.17. The first-order chi connectivity index (χ1) is 7.36. The third-order valence-corrected chi connectivity index (χ3v) is 3.56. The zero-order chi connectivity index (χ0) is 10.5. The highest BCUT2D eigenvalue weighted by Gasteiger charge is 2.07. The topological polar surface area (TPSA) is 42.9 Å². The average molecular weight is 236 g/mol. The number of thiophene rings is 1. The lowest BCUT2D eigenvalue weighted by atomic mass is 10.4. The summed E-state index contributed by atoms with van der Waals surface area (Å²) in [5, 5.41) is 2.73. The van der Waals surface area contributed by atoms with E-state index in [1.807, 2.05) is 17.5 Å². The highest BCUT2D eigenvalue weighted by molar-refractivity contribution is 7.99. The van der Waals surface area contributed by atoms with E-state index in [1.165, 1.54) is 29.4 Å². The van der Waals surface area contributed by atoms with Gasteiger partial charge in [-0.1, -0.05) is 17.8 Å². The van der Waals surface area contributed by atoms with Crippen molar-refractivity contribution in [2.45, 2.75) is 5.03 Å². The zero-order valence-corrected chi connectivity index (χ0v) is 9.42. The highest BCUT2D eigenvalue weighted by atomic mass is 32.2. The first kappa shape index (κ1) is 10.3. The Morgan fingerprint density at radius 1 is 1.47 bits per heavy atom. The summed E-state index contributed by atoms with van der Waals surface area (Å²) in [4.78, 5) is 20.3. The second-order valence-corrected chi connectivity index (χ2v) is 4.68. The molecule has 0 radical (unpaired) electrons. The maximum Gasteiger partial charge on any atom is 0.183 e. The van der Waals surface area contributed by atoms with Crippen molar-refractivity contribution in [1.29, 1.82) is 0 Å². The predicted molar refractivity (Wildman–Crippen MR) is 61.4 cm³/mol. The van der Waals surface area contributed by atoms with Gasteiger partial charge in [0.2, 0.25) is 0 Å². The van der Waals surface area contributed by atoms with Crippen LogP contribution in [-0.2, 0) is 0 Å². The number of aromatic nitrogens is 2. The molecule has 0 saturated carbocycles. The summed E-state index contributed by atoms with van der Waals surface area (Å²) in [6.07, 6.45) is 3.16. The van der Waals surface area contributed by atoms with Crippen LogP contribution in [0.5, 0.6) is 0 Å². The Balaban J connectivity index is 1.92. The monoisotopic (exact) mass is 236 g/mol. The summed E-state index contributed by atoms with van der Waals surface area (Å²) in [6, 6.07) is 5.52. The first-order valence-electron chi connectivity index (χ1n) is 4.32. The van der Waals surface area contributed by atoms with Crippen molar-refractivity contribution in [3.63, 3.8) is 0 Å². The van der Waals surface area contributed by atoms with Crippen molar-refractivity contribution in [3.05, 3.63) is 41.0 Å². The van der Waals surface area contributed by atoms with Crippen LogP contribution in [0.3, 0.4) is 0 Å². The van der Waals surface area contributed by atoms with Gasteiger partial charge in [-0.15, -0.1) is 11.3 Å². The fraction of sp³-hybridized carbons (Fsp3) is 0.100. The van der Waals surface area contributed by atoms with Crippen LogP contribution in [0.2, 0.25) is 0 Å². The summed E-state index contributed by atoms with van der Waals surface area (Å²) in [5.41, 5.74) is 0. The van der Waals surface area contributed by atoms with Crippen LogP contribution in [0, 0.1) is 0 Å². The fourth-order valence-corrected chi connectivity index (χ4v) is 2.48. The van der Waals surface area contributed by atoms with E-state index in [0.717, 1.165) is 9.90 Å². The third-order valence-electron chi connectivity index (χ3n) is 1.70. The predicted octanol–water partition coefficient (Wildman–Crippen LogP) is 2.51. The molecule has 3 nitrogen and oxygen atoms in total. The van der Waals surface area contributed by atoms with Gasteiger partial charge in [-0.25, -0.2) is 9.97 Å². The number of Topliss-reactive ketones (excluding diaryl/α,β-unsaturated/α-hetero) is 1. The van der Waals surface area contributed by atoms with E-state index in [4.69, 9.17) is 0 Å². The summed E-state index contributed by atoms with van der Waals surface area (Å²) in [7, 11) is 0. The number of hydrogen-bond acceptors (Lipinski definition) is 5. The molecule has 0 aliphatic rings. The molecule has 0 bridgehead atoms. The molecule has 0 aliphatic heterocycles. The van der Waals surface area contributed by atoms with Gasteiger partial charge in [0.15, 0.2) is 5.78 Å². The van der Waals surface area contributed by atoms with Crippen molar-refractivity contribution < 1.29 is 4.79 Å². The van der Waals surface area contributed by atoms with Crippen LogP contribution >= 0.6 is 23.1 Å². The van der Waals surface area contributed by atoms with E-state index >= 15 is 0 Å². The Kier molecular flexibility index (Phi) is 3.47. The molecule has 0 saturated heterocycles. The van der Waals surface area contributed by atoms with Crippen molar-refractivity contribution in [2.75, 3.05) is 5.75 Å². The van der Waals surface area contributed by atoms with Crippen molar-refractivity contribution in [1.82, 2.24) is 9.97 Å². The number of carbonyl (C=O) groups excluding carboxylic acids is 1. The molecule has 0 atom stereocenters. The minimum Gasteiger partial charge on any atom is -0.292 e. The number of ketones is 1.